The van der Waals surface area contributed by atoms with E-state index in [0.29, 0.717) is 6.42 Å². The summed E-state index contributed by atoms with van der Waals surface area (Å²) in [6, 6.07) is 8.19. The van der Waals surface area contributed by atoms with Crippen LogP contribution in [0.2, 0.25) is 0 Å². The highest BCUT2D eigenvalue weighted by Gasteiger charge is 2.33. The van der Waals surface area contributed by atoms with Crippen LogP contribution in [0.3, 0.4) is 0 Å². The maximum atomic E-state index is 11.8. The molecule has 0 aliphatic heterocycles. The molecule has 0 amide bonds. The molecule has 1 aliphatic rings. The largest absolute Gasteiger partial charge is 0.298 e. The van der Waals surface area contributed by atoms with E-state index in [0.717, 1.165) is 6.42 Å². The zero-order chi connectivity index (χ0) is 10.9. The number of alkyl halides is 1. The van der Waals surface area contributed by atoms with E-state index in [1.807, 2.05) is 31.2 Å². The van der Waals surface area contributed by atoms with Crippen molar-refractivity contribution in [2.24, 2.45) is 0 Å². The molecule has 0 saturated carbocycles. The second-order valence-corrected chi connectivity index (χ2v) is 5.26. The first-order valence-electron chi connectivity index (χ1n) is 5.15. The SMILES string of the molecule is CCC(=O)C1(Br)C=Cc2ccccc2C1. The van der Waals surface area contributed by atoms with Crippen molar-refractivity contribution in [3.05, 3.63) is 41.5 Å². The van der Waals surface area contributed by atoms with Crippen molar-refractivity contribution in [3.63, 3.8) is 0 Å². The van der Waals surface area contributed by atoms with E-state index < -0.39 is 4.32 Å². The van der Waals surface area contributed by atoms with Gasteiger partial charge in [-0.15, -0.1) is 0 Å². The molecule has 2 rings (SSSR count). The number of carbonyl (C=O) groups excluding carboxylic acids is 1. The number of rotatable bonds is 2. The Bertz CT molecular complexity index is 422. The van der Waals surface area contributed by atoms with Crippen LogP contribution in [-0.4, -0.2) is 10.1 Å². The standard InChI is InChI=1S/C13H13BrO/c1-2-12(15)13(14)8-7-10-5-3-4-6-11(10)9-13/h3-8H,2,9H2,1H3. The molecule has 1 aromatic rings. The monoisotopic (exact) mass is 264 g/mol. The molecule has 15 heavy (non-hydrogen) atoms. The predicted molar refractivity (Wildman–Crippen MR) is 66.1 cm³/mol. The average Bonchev–Trinajstić information content (AvgIpc) is 2.27. The van der Waals surface area contributed by atoms with Gasteiger partial charge in [0, 0.05) is 6.42 Å². The van der Waals surface area contributed by atoms with Gasteiger partial charge in [-0.3, -0.25) is 4.79 Å². The maximum absolute atomic E-state index is 11.8. The Kier molecular flexibility index (Phi) is 2.79. The van der Waals surface area contributed by atoms with Crippen LogP contribution in [0.1, 0.15) is 24.5 Å². The smallest absolute Gasteiger partial charge is 0.153 e. The van der Waals surface area contributed by atoms with Gasteiger partial charge in [0.05, 0.1) is 0 Å². The number of Topliss-reactive ketones (excluding diaryl/α,β-unsaturated/α-hetero) is 1. The van der Waals surface area contributed by atoms with Crippen LogP contribution >= 0.6 is 15.9 Å². The van der Waals surface area contributed by atoms with Crippen molar-refractivity contribution in [2.75, 3.05) is 0 Å². The second kappa shape index (κ2) is 3.93. The number of benzene rings is 1. The molecule has 0 spiro atoms. The van der Waals surface area contributed by atoms with Gasteiger partial charge in [-0.2, -0.15) is 0 Å². The first-order chi connectivity index (χ1) is 7.15. The molecule has 1 aliphatic carbocycles. The molecular formula is C13H13BrO. The molecule has 0 aromatic heterocycles. The molecule has 78 valence electrons. The highest BCUT2D eigenvalue weighted by Crippen LogP contribution is 2.33. The lowest BCUT2D eigenvalue weighted by molar-refractivity contribution is -0.119. The lowest BCUT2D eigenvalue weighted by atomic mass is 9.86. The van der Waals surface area contributed by atoms with Crippen molar-refractivity contribution in [2.45, 2.75) is 24.1 Å². The summed E-state index contributed by atoms with van der Waals surface area (Å²) in [4.78, 5) is 11.8. The lowest BCUT2D eigenvalue weighted by Crippen LogP contribution is -2.33. The van der Waals surface area contributed by atoms with Crippen molar-refractivity contribution < 1.29 is 4.79 Å². The Balaban J connectivity index is 2.37. The molecule has 0 N–H and O–H groups in total. The molecule has 1 nitrogen and oxygen atoms in total. The Morgan fingerprint density at radius 2 is 2.20 bits per heavy atom. The van der Waals surface area contributed by atoms with Gasteiger partial charge in [-0.25, -0.2) is 0 Å². The first kappa shape index (κ1) is 10.6. The molecule has 0 radical (unpaired) electrons. The second-order valence-electron chi connectivity index (χ2n) is 3.85. The molecule has 1 atom stereocenters. The molecule has 0 fully saturated rings. The van der Waals surface area contributed by atoms with Crippen LogP contribution in [0.5, 0.6) is 0 Å². The van der Waals surface area contributed by atoms with Gasteiger partial charge in [0.15, 0.2) is 5.78 Å². The molecular weight excluding hydrogens is 252 g/mol. The van der Waals surface area contributed by atoms with E-state index >= 15 is 0 Å². The van der Waals surface area contributed by atoms with Gasteiger partial charge in [-0.1, -0.05) is 59.3 Å². The summed E-state index contributed by atoms with van der Waals surface area (Å²) < 4.78 is -0.476. The molecule has 0 saturated heterocycles. The van der Waals surface area contributed by atoms with E-state index in [2.05, 4.69) is 28.1 Å². The molecule has 1 aromatic carbocycles. The predicted octanol–water partition coefficient (Wildman–Crippen LogP) is 3.37. The van der Waals surface area contributed by atoms with E-state index in [1.54, 1.807) is 0 Å². The van der Waals surface area contributed by atoms with Gasteiger partial charge >= 0.3 is 0 Å². The van der Waals surface area contributed by atoms with Crippen molar-refractivity contribution in [1.29, 1.82) is 0 Å². The van der Waals surface area contributed by atoms with Gasteiger partial charge in [0.2, 0.25) is 0 Å². The van der Waals surface area contributed by atoms with Crippen LogP contribution in [0.4, 0.5) is 0 Å². The van der Waals surface area contributed by atoms with Crippen molar-refractivity contribution in [3.8, 4) is 0 Å². The number of ketones is 1. The minimum Gasteiger partial charge on any atom is -0.298 e. The summed E-state index contributed by atoms with van der Waals surface area (Å²) in [5.41, 5.74) is 2.45. The lowest BCUT2D eigenvalue weighted by Gasteiger charge is -2.26. The van der Waals surface area contributed by atoms with Crippen molar-refractivity contribution >= 4 is 27.8 Å². The number of carbonyl (C=O) groups is 1. The van der Waals surface area contributed by atoms with Crippen LogP contribution in [0.25, 0.3) is 6.08 Å². The number of hydrogen-bond donors (Lipinski definition) is 0. The Morgan fingerprint density at radius 1 is 1.47 bits per heavy atom. The summed E-state index contributed by atoms with van der Waals surface area (Å²) in [5.74, 6) is 0.244. The van der Waals surface area contributed by atoms with Crippen LogP contribution in [0.15, 0.2) is 30.3 Å². The first-order valence-corrected chi connectivity index (χ1v) is 5.94. The van der Waals surface area contributed by atoms with Gasteiger partial charge in [0.1, 0.15) is 4.32 Å². The number of allylic oxidation sites excluding steroid dienone is 1. The minimum absolute atomic E-state index is 0.244. The van der Waals surface area contributed by atoms with Gasteiger partial charge in [-0.05, 0) is 17.5 Å². The van der Waals surface area contributed by atoms with Crippen LogP contribution in [-0.2, 0) is 11.2 Å². The maximum Gasteiger partial charge on any atom is 0.153 e. The third-order valence-electron chi connectivity index (χ3n) is 2.81. The van der Waals surface area contributed by atoms with E-state index in [1.165, 1.54) is 11.1 Å². The van der Waals surface area contributed by atoms with Gasteiger partial charge in [0.25, 0.3) is 0 Å². The number of hydrogen-bond acceptors (Lipinski definition) is 1. The Hall–Kier alpha value is -0.890. The summed E-state index contributed by atoms with van der Waals surface area (Å²) in [6.45, 7) is 1.90. The fourth-order valence-corrected chi connectivity index (χ4v) is 2.62. The Labute approximate surface area is 98.3 Å². The quantitative estimate of drug-likeness (QED) is 0.749. The summed E-state index contributed by atoms with van der Waals surface area (Å²) in [7, 11) is 0. The normalized spacial score (nSPS) is 23.6. The third kappa shape index (κ3) is 1.91. The third-order valence-corrected chi connectivity index (χ3v) is 3.80. The van der Waals surface area contributed by atoms with Crippen LogP contribution < -0.4 is 0 Å². The van der Waals surface area contributed by atoms with Crippen molar-refractivity contribution in [1.82, 2.24) is 0 Å². The highest BCUT2D eigenvalue weighted by molar-refractivity contribution is 9.10. The van der Waals surface area contributed by atoms with Crippen LogP contribution in [0, 0.1) is 0 Å². The average molecular weight is 265 g/mol. The highest BCUT2D eigenvalue weighted by atomic mass is 79.9. The molecule has 0 bridgehead atoms. The fourth-order valence-electron chi connectivity index (χ4n) is 1.90. The zero-order valence-corrected chi connectivity index (χ0v) is 10.3. The van der Waals surface area contributed by atoms with E-state index in [9.17, 15) is 4.79 Å². The van der Waals surface area contributed by atoms with E-state index in [-0.39, 0.29) is 5.78 Å². The zero-order valence-electron chi connectivity index (χ0n) is 8.66. The summed E-state index contributed by atoms with van der Waals surface area (Å²) >= 11 is 3.55. The molecule has 0 heterocycles. The summed E-state index contributed by atoms with van der Waals surface area (Å²) in [5, 5.41) is 0. The number of fused-ring (bicyclic) bond motifs is 1. The number of halogens is 1. The molecule has 1 unspecified atom stereocenters. The summed E-state index contributed by atoms with van der Waals surface area (Å²) in [6.07, 6.45) is 5.33. The fraction of sp³-hybridized carbons (Fsp3) is 0.308. The van der Waals surface area contributed by atoms with E-state index in [4.69, 9.17) is 0 Å². The minimum atomic E-state index is -0.476. The van der Waals surface area contributed by atoms with Gasteiger partial charge < -0.3 is 0 Å². The molecule has 2 heteroatoms. The topological polar surface area (TPSA) is 17.1 Å². The Morgan fingerprint density at radius 3 is 2.93 bits per heavy atom.